The van der Waals surface area contributed by atoms with E-state index in [4.69, 9.17) is 0 Å². The minimum Gasteiger partial charge on any atom is -0.393 e. The minimum atomic E-state index is -0.506. The van der Waals surface area contributed by atoms with E-state index in [-0.39, 0.29) is 40.9 Å². The molecule has 0 bridgehead atoms. The van der Waals surface area contributed by atoms with Gasteiger partial charge < -0.3 is 10.4 Å². The predicted octanol–water partition coefficient (Wildman–Crippen LogP) is 11.9. The van der Waals surface area contributed by atoms with Crippen molar-refractivity contribution in [2.24, 2.45) is 45.2 Å². The molecule has 49 heavy (non-hydrogen) atoms. The molecule has 3 rings (SSSR count). The van der Waals surface area contributed by atoms with Gasteiger partial charge in [-0.2, -0.15) is 10.2 Å². The first-order valence-electron chi connectivity index (χ1n) is 19.8. The van der Waals surface area contributed by atoms with Crippen LogP contribution in [0.4, 0.5) is 0 Å². The van der Waals surface area contributed by atoms with Gasteiger partial charge in [0.15, 0.2) is 0 Å². The number of allylic oxidation sites excluding steroid dienone is 2. The van der Waals surface area contributed by atoms with E-state index in [1.165, 1.54) is 49.7 Å². The van der Waals surface area contributed by atoms with Crippen molar-refractivity contribution in [3.8, 4) is 0 Å². The van der Waals surface area contributed by atoms with Crippen molar-refractivity contribution < 1.29 is 14.7 Å². The summed E-state index contributed by atoms with van der Waals surface area (Å²) in [4.78, 5) is 26.2. The summed E-state index contributed by atoms with van der Waals surface area (Å²) in [6.07, 6.45) is 14.0. The van der Waals surface area contributed by atoms with Gasteiger partial charge in [-0.3, -0.25) is 9.59 Å². The van der Waals surface area contributed by atoms with Gasteiger partial charge >= 0.3 is 0 Å². The number of azo groups is 1. The Hall–Kier alpha value is -2.34. The topological polar surface area (TPSA) is 91.1 Å². The number of rotatable bonds is 15. The van der Waals surface area contributed by atoms with Crippen LogP contribution in [0.3, 0.4) is 0 Å². The van der Waals surface area contributed by atoms with Crippen LogP contribution in [0.1, 0.15) is 171 Å². The average Bonchev–Trinajstić information content (AvgIpc) is 3.94. The number of unbranched alkanes of at least 4 members (excludes halogenated alkanes) is 3. The summed E-state index contributed by atoms with van der Waals surface area (Å²) in [5.74, 6) is 1.09. The highest BCUT2D eigenvalue weighted by Gasteiger charge is 2.34. The minimum absolute atomic E-state index is 0.00321. The van der Waals surface area contributed by atoms with E-state index in [9.17, 15) is 14.7 Å². The molecular weight excluding hydrogens is 606 g/mol. The van der Waals surface area contributed by atoms with Crippen LogP contribution in [0, 0.1) is 35.0 Å². The van der Waals surface area contributed by atoms with E-state index >= 15 is 0 Å². The highest BCUT2D eigenvalue weighted by atomic mass is 16.3. The second-order valence-corrected chi connectivity index (χ2v) is 15.2. The normalized spacial score (nSPS) is 19.8. The monoisotopic (exact) mass is 684 g/mol. The van der Waals surface area contributed by atoms with Crippen molar-refractivity contribution in [1.29, 1.82) is 0 Å². The third-order valence-electron chi connectivity index (χ3n) is 10.2. The molecule has 282 valence electrons. The molecule has 1 saturated carbocycles. The Morgan fingerprint density at radius 2 is 1.61 bits per heavy atom. The van der Waals surface area contributed by atoms with E-state index in [1.54, 1.807) is 7.05 Å². The Morgan fingerprint density at radius 1 is 1.02 bits per heavy atom. The van der Waals surface area contributed by atoms with Crippen LogP contribution in [0.25, 0.3) is 0 Å². The summed E-state index contributed by atoms with van der Waals surface area (Å²) in [7, 11) is 1.71. The third-order valence-corrected chi connectivity index (χ3v) is 10.2. The molecular formula is C43H77N3O3. The summed E-state index contributed by atoms with van der Waals surface area (Å²) < 4.78 is 0. The first-order chi connectivity index (χ1) is 23.2. The standard InChI is InChI=1S/C28H45NO3.C7H12N2.C6H14.C2H6/c1-8-22(30)17-24(18(2)14-16-25(31)20(4)28(5,6)7)27(32)29-26-19(3)13-15-21-11-9-10-12-23(21)26;1-3-7(9-8-2)6-4-5-6;1-3-5-6-4-2;1-2/h9-12,18-20,22,24,26,30H,8,13-17H2,1-7H3,(H,29,32);3,6H,4-5H2,1-2H3;3-6H2,1-2H3;1-2H3/b;7-3-,9-8?;;. The maximum absolute atomic E-state index is 13.5. The van der Waals surface area contributed by atoms with E-state index < -0.39 is 6.10 Å². The van der Waals surface area contributed by atoms with E-state index in [2.05, 4.69) is 82.2 Å². The maximum Gasteiger partial charge on any atom is 0.223 e. The number of carbonyl (C=O) groups is 2. The first kappa shape index (κ1) is 46.7. The summed E-state index contributed by atoms with van der Waals surface area (Å²) >= 11 is 0. The lowest BCUT2D eigenvalue weighted by atomic mass is 9.76. The van der Waals surface area contributed by atoms with Crippen LogP contribution in [0.5, 0.6) is 0 Å². The number of ketones is 1. The average molecular weight is 684 g/mol. The number of carbonyl (C=O) groups excluding carboxylic acids is 2. The van der Waals surface area contributed by atoms with Crippen molar-refractivity contribution in [1.82, 2.24) is 5.32 Å². The Balaban J connectivity index is 0.00000111. The van der Waals surface area contributed by atoms with Crippen LogP contribution < -0.4 is 5.32 Å². The van der Waals surface area contributed by atoms with Gasteiger partial charge in [-0.25, -0.2) is 0 Å². The molecule has 0 heterocycles. The predicted molar refractivity (Wildman–Crippen MR) is 210 cm³/mol. The van der Waals surface area contributed by atoms with Crippen molar-refractivity contribution in [3.63, 3.8) is 0 Å². The lowest BCUT2D eigenvalue weighted by Crippen LogP contribution is -2.42. The van der Waals surface area contributed by atoms with Crippen LogP contribution in [-0.2, 0) is 16.0 Å². The fourth-order valence-electron chi connectivity index (χ4n) is 6.10. The number of nitrogens with zero attached hydrogens (tertiary/aromatic N) is 2. The Morgan fingerprint density at radius 3 is 2.10 bits per heavy atom. The highest BCUT2D eigenvalue weighted by Crippen LogP contribution is 2.37. The number of aliphatic hydroxyl groups is 1. The zero-order chi connectivity index (χ0) is 37.6. The Bertz CT molecular complexity index is 1100. The van der Waals surface area contributed by atoms with Gasteiger partial charge in [0.25, 0.3) is 0 Å². The molecule has 6 heteroatoms. The van der Waals surface area contributed by atoms with Gasteiger partial charge in [0.05, 0.1) is 17.8 Å². The number of hydrogen-bond acceptors (Lipinski definition) is 5. The molecule has 0 aromatic heterocycles. The summed E-state index contributed by atoms with van der Waals surface area (Å²) in [6, 6.07) is 8.39. The molecule has 2 aliphatic rings. The molecule has 1 aromatic rings. The quantitative estimate of drug-likeness (QED) is 0.142. The lowest BCUT2D eigenvalue weighted by molar-refractivity contribution is -0.130. The van der Waals surface area contributed by atoms with E-state index in [0.717, 1.165) is 24.5 Å². The van der Waals surface area contributed by atoms with E-state index in [0.29, 0.717) is 31.6 Å². The van der Waals surface area contributed by atoms with Gasteiger partial charge in [0, 0.05) is 31.2 Å². The molecule has 1 amide bonds. The number of aliphatic hydroxyl groups excluding tert-OH is 1. The molecule has 1 fully saturated rings. The molecule has 6 nitrogen and oxygen atoms in total. The molecule has 2 aliphatic carbocycles. The number of amides is 1. The lowest BCUT2D eigenvalue weighted by Gasteiger charge is -2.34. The van der Waals surface area contributed by atoms with Crippen LogP contribution in [-0.4, -0.2) is 29.9 Å². The van der Waals surface area contributed by atoms with Gasteiger partial charge in [-0.15, -0.1) is 0 Å². The fraction of sp³-hybridized carbons (Fsp3) is 0.767. The van der Waals surface area contributed by atoms with Crippen molar-refractivity contribution in [3.05, 3.63) is 47.2 Å². The van der Waals surface area contributed by atoms with E-state index in [1.807, 2.05) is 46.8 Å². The summed E-state index contributed by atoms with van der Waals surface area (Å²) in [5.41, 5.74) is 3.64. The largest absolute Gasteiger partial charge is 0.393 e. The number of hydrogen-bond donors (Lipinski definition) is 2. The zero-order valence-corrected chi connectivity index (χ0v) is 34.1. The Kier molecular flexibility index (Phi) is 24.4. The maximum atomic E-state index is 13.5. The van der Waals surface area contributed by atoms with Crippen LogP contribution in [0.15, 0.2) is 46.3 Å². The third kappa shape index (κ3) is 17.9. The number of nitrogens with one attached hydrogen (secondary N) is 1. The first-order valence-corrected chi connectivity index (χ1v) is 19.8. The van der Waals surface area contributed by atoms with Gasteiger partial charge in [-0.05, 0) is 80.2 Å². The molecule has 0 saturated heterocycles. The second-order valence-electron chi connectivity index (χ2n) is 15.2. The summed E-state index contributed by atoms with van der Waals surface area (Å²) in [6.45, 7) is 25.0. The SMILES string of the molecule is C/C=C(\N=NC)C1CC1.CC.CCC(O)CC(C(=O)NC1c2ccccc2CCC1C)C(C)CCC(=O)C(C)C(C)(C)C.CCCCCC. The molecule has 0 spiro atoms. The van der Waals surface area contributed by atoms with Crippen LogP contribution >= 0.6 is 0 Å². The number of Topliss-reactive ketones (excluding diaryl/α,β-unsaturated/α-hetero) is 1. The Labute approximate surface area is 302 Å². The smallest absolute Gasteiger partial charge is 0.223 e. The van der Waals surface area contributed by atoms with Gasteiger partial charge in [0.1, 0.15) is 5.78 Å². The van der Waals surface area contributed by atoms with Crippen molar-refractivity contribution in [2.45, 2.75) is 172 Å². The van der Waals surface area contributed by atoms with Gasteiger partial charge in [-0.1, -0.05) is 132 Å². The molecule has 2 N–H and O–H groups in total. The van der Waals surface area contributed by atoms with Crippen molar-refractivity contribution in [2.75, 3.05) is 7.05 Å². The fourth-order valence-corrected chi connectivity index (χ4v) is 6.10. The summed E-state index contributed by atoms with van der Waals surface area (Å²) in [5, 5.41) is 21.4. The number of aryl methyl sites for hydroxylation is 1. The molecule has 6 unspecified atom stereocenters. The molecule has 1 aromatic carbocycles. The van der Waals surface area contributed by atoms with Crippen molar-refractivity contribution >= 4 is 11.7 Å². The molecule has 6 atom stereocenters. The molecule has 0 aliphatic heterocycles. The molecule has 0 radical (unpaired) electrons. The highest BCUT2D eigenvalue weighted by molar-refractivity contribution is 5.82. The second kappa shape index (κ2) is 25.6. The van der Waals surface area contributed by atoms with Crippen LogP contribution in [0.2, 0.25) is 0 Å². The zero-order valence-electron chi connectivity index (χ0n) is 34.1. The number of benzene rings is 1. The number of fused-ring (bicyclic) bond motifs is 1. The van der Waals surface area contributed by atoms with Gasteiger partial charge in [0.2, 0.25) is 5.91 Å².